The molecule has 8 heteroatoms. The molecule has 1 aliphatic heterocycles. The number of ketones is 1. The summed E-state index contributed by atoms with van der Waals surface area (Å²) >= 11 is 0. The van der Waals surface area contributed by atoms with E-state index in [4.69, 9.17) is 5.10 Å². The van der Waals surface area contributed by atoms with Crippen LogP contribution in [-0.4, -0.2) is 48.4 Å². The maximum Gasteiger partial charge on any atom is 0.153 e. The van der Waals surface area contributed by atoms with Crippen LogP contribution in [0.15, 0.2) is 48.7 Å². The Labute approximate surface area is 218 Å². The van der Waals surface area contributed by atoms with E-state index < -0.39 is 15.3 Å². The molecule has 2 saturated carbocycles. The number of anilines is 1. The molecule has 0 unspecified atom stereocenters. The zero-order chi connectivity index (χ0) is 25.6. The summed E-state index contributed by atoms with van der Waals surface area (Å²) in [6.45, 7) is 1.03. The zero-order valence-corrected chi connectivity index (χ0v) is 21.8. The van der Waals surface area contributed by atoms with Gasteiger partial charge in [0.1, 0.15) is 5.78 Å². The van der Waals surface area contributed by atoms with Crippen LogP contribution in [0.2, 0.25) is 0 Å². The summed E-state index contributed by atoms with van der Waals surface area (Å²) in [4.78, 5) is 15.6. The molecule has 1 aromatic carbocycles. The maximum absolute atomic E-state index is 13.5. The fourth-order valence-corrected chi connectivity index (χ4v) is 7.37. The summed E-state index contributed by atoms with van der Waals surface area (Å²) in [6.07, 6.45) is 7.88. The van der Waals surface area contributed by atoms with Crippen molar-refractivity contribution in [3.63, 3.8) is 0 Å². The molecule has 0 bridgehead atoms. The quantitative estimate of drug-likeness (QED) is 0.468. The first-order valence-electron chi connectivity index (χ1n) is 13.4. The highest BCUT2D eigenvalue weighted by atomic mass is 32.2. The van der Waals surface area contributed by atoms with E-state index in [1.807, 2.05) is 22.8 Å². The minimum Gasteiger partial charge on any atom is -0.369 e. The number of benzene rings is 1. The second-order valence-electron chi connectivity index (χ2n) is 11.0. The van der Waals surface area contributed by atoms with Gasteiger partial charge in [-0.15, -0.1) is 0 Å². The molecule has 3 aliphatic rings. The predicted octanol–water partition coefficient (Wildman–Crippen LogP) is 4.77. The number of aromatic nitrogens is 2. The minimum absolute atomic E-state index is 0.0395. The van der Waals surface area contributed by atoms with Crippen LogP contribution in [0.4, 0.5) is 5.69 Å². The smallest absolute Gasteiger partial charge is 0.153 e. The Morgan fingerprint density at radius 2 is 1.78 bits per heavy atom. The van der Waals surface area contributed by atoms with Crippen LogP contribution >= 0.6 is 0 Å². The second kappa shape index (κ2) is 9.29. The minimum atomic E-state index is -2.93. The second-order valence-corrected chi connectivity index (χ2v) is 13.3. The van der Waals surface area contributed by atoms with Crippen LogP contribution in [-0.2, 0) is 14.6 Å². The summed E-state index contributed by atoms with van der Waals surface area (Å²) < 4.78 is 25.6. The van der Waals surface area contributed by atoms with E-state index >= 15 is 0 Å². The SMILES string of the molecule is N#CC1(CC(=O)[C@@H]2CCCC[C@H]2c2nn3ccccc3c2-c2ccc(N3CCS(=O)(=O)CC3)cc2)CC1. The van der Waals surface area contributed by atoms with Crippen molar-refractivity contribution in [2.45, 2.75) is 50.9 Å². The van der Waals surface area contributed by atoms with Crippen LogP contribution in [0.5, 0.6) is 0 Å². The monoisotopic (exact) mass is 516 g/mol. The summed E-state index contributed by atoms with van der Waals surface area (Å²) in [5.41, 5.74) is 4.71. The molecule has 6 rings (SSSR count). The molecule has 0 N–H and O–H groups in total. The van der Waals surface area contributed by atoms with Crippen molar-refractivity contribution >= 4 is 26.8 Å². The van der Waals surface area contributed by atoms with Crippen molar-refractivity contribution in [3.8, 4) is 17.2 Å². The van der Waals surface area contributed by atoms with Gasteiger partial charge in [-0.25, -0.2) is 12.9 Å². The van der Waals surface area contributed by atoms with Gasteiger partial charge in [0, 0.05) is 48.8 Å². The van der Waals surface area contributed by atoms with Crippen molar-refractivity contribution in [1.29, 1.82) is 5.26 Å². The Morgan fingerprint density at radius 3 is 2.49 bits per heavy atom. The van der Waals surface area contributed by atoms with Gasteiger partial charge in [-0.05, 0) is 55.5 Å². The average molecular weight is 517 g/mol. The largest absolute Gasteiger partial charge is 0.369 e. The Morgan fingerprint density at radius 1 is 1.05 bits per heavy atom. The first-order chi connectivity index (χ1) is 17.9. The number of sulfone groups is 1. The molecule has 1 saturated heterocycles. The van der Waals surface area contributed by atoms with E-state index in [0.29, 0.717) is 19.5 Å². The van der Waals surface area contributed by atoms with Gasteiger partial charge in [-0.3, -0.25) is 4.79 Å². The highest BCUT2D eigenvalue weighted by Crippen LogP contribution is 2.51. The Bertz CT molecular complexity index is 1470. The Hall–Kier alpha value is -3.18. The van der Waals surface area contributed by atoms with E-state index in [2.05, 4.69) is 41.3 Å². The van der Waals surface area contributed by atoms with Crippen molar-refractivity contribution in [2.24, 2.45) is 11.3 Å². The van der Waals surface area contributed by atoms with Gasteiger partial charge in [-0.1, -0.05) is 31.0 Å². The van der Waals surface area contributed by atoms with Crippen LogP contribution in [0.1, 0.15) is 56.6 Å². The number of carbonyl (C=O) groups excluding carboxylic acids is 1. The molecule has 0 radical (unpaired) electrons. The van der Waals surface area contributed by atoms with Crippen LogP contribution < -0.4 is 4.90 Å². The third kappa shape index (κ3) is 4.66. The lowest BCUT2D eigenvalue weighted by molar-refractivity contribution is -0.125. The zero-order valence-electron chi connectivity index (χ0n) is 21.0. The van der Waals surface area contributed by atoms with E-state index in [9.17, 15) is 18.5 Å². The molecular formula is C29H32N4O3S. The predicted molar refractivity (Wildman–Crippen MR) is 143 cm³/mol. The Balaban J connectivity index is 1.35. The van der Waals surface area contributed by atoms with Crippen LogP contribution in [0.25, 0.3) is 16.6 Å². The molecular weight excluding hydrogens is 484 g/mol. The van der Waals surface area contributed by atoms with Gasteiger partial charge >= 0.3 is 0 Å². The molecule has 3 aromatic rings. The molecule has 3 heterocycles. The van der Waals surface area contributed by atoms with Gasteiger partial charge in [-0.2, -0.15) is 10.4 Å². The molecule has 3 fully saturated rings. The number of rotatable bonds is 6. The molecule has 37 heavy (non-hydrogen) atoms. The van der Waals surface area contributed by atoms with E-state index in [0.717, 1.165) is 66.5 Å². The van der Waals surface area contributed by atoms with Gasteiger partial charge in [0.15, 0.2) is 9.84 Å². The van der Waals surface area contributed by atoms with Gasteiger partial charge in [0.25, 0.3) is 0 Å². The summed E-state index contributed by atoms with van der Waals surface area (Å²) in [7, 11) is -2.93. The summed E-state index contributed by atoms with van der Waals surface area (Å²) in [5.74, 6) is 0.548. The normalized spacial score (nSPS) is 24.5. The summed E-state index contributed by atoms with van der Waals surface area (Å²) in [6, 6.07) is 16.8. The van der Waals surface area contributed by atoms with Crippen molar-refractivity contribution in [1.82, 2.24) is 9.61 Å². The lowest BCUT2D eigenvalue weighted by Gasteiger charge is -2.31. The number of fused-ring (bicyclic) bond motifs is 1. The number of carbonyl (C=O) groups is 1. The topological polar surface area (TPSA) is 95.5 Å². The highest BCUT2D eigenvalue weighted by Gasteiger charge is 2.47. The number of hydrogen-bond donors (Lipinski definition) is 0. The number of nitriles is 1. The van der Waals surface area contributed by atoms with Crippen molar-refractivity contribution in [3.05, 3.63) is 54.4 Å². The summed E-state index contributed by atoms with van der Waals surface area (Å²) in [5, 5.41) is 14.6. The van der Waals surface area contributed by atoms with Crippen LogP contribution in [0, 0.1) is 22.7 Å². The first kappa shape index (κ1) is 24.2. The lowest BCUT2D eigenvalue weighted by atomic mass is 9.72. The van der Waals surface area contributed by atoms with Crippen molar-refractivity contribution < 1.29 is 13.2 Å². The Kier molecular flexibility index (Phi) is 6.07. The van der Waals surface area contributed by atoms with Gasteiger partial charge < -0.3 is 4.90 Å². The van der Waals surface area contributed by atoms with E-state index in [1.165, 1.54) is 0 Å². The third-order valence-electron chi connectivity index (χ3n) is 8.57. The number of hydrogen-bond acceptors (Lipinski definition) is 6. The standard InChI is InChI=1S/C29H32N4O3S/c30-20-29(12-13-29)19-26(34)23-5-1-2-6-24(23)28-27(25-7-3-4-14-33(25)31-28)21-8-10-22(11-9-21)32-15-17-37(35,36)18-16-32/h3-4,7-11,14,23-24H,1-2,5-6,12-13,15-19H2/t23-,24-/m1/s1. The maximum atomic E-state index is 13.5. The number of nitrogens with zero attached hydrogens (tertiary/aromatic N) is 4. The highest BCUT2D eigenvalue weighted by molar-refractivity contribution is 7.91. The van der Waals surface area contributed by atoms with E-state index in [1.54, 1.807) is 0 Å². The molecule has 0 amide bonds. The van der Waals surface area contributed by atoms with Crippen LogP contribution in [0.3, 0.4) is 0 Å². The van der Waals surface area contributed by atoms with Crippen molar-refractivity contribution in [2.75, 3.05) is 29.5 Å². The molecule has 7 nitrogen and oxygen atoms in total. The number of Topliss-reactive ketones (excluding diaryl/α,β-unsaturated/α-hetero) is 1. The lowest BCUT2D eigenvalue weighted by Crippen LogP contribution is -2.40. The average Bonchev–Trinajstić information content (AvgIpc) is 3.58. The first-order valence-corrected chi connectivity index (χ1v) is 15.2. The molecule has 192 valence electrons. The van der Waals surface area contributed by atoms with Gasteiger partial charge in [0.05, 0.1) is 34.2 Å². The molecule has 2 aliphatic carbocycles. The molecule has 2 aromatic heterocycles. The molecule has 2 atom stereocenters. The third-order valence-corrected chi connectivity index (χ3v) is 10.2. The number of pyridine rings is 1. The molecule has 0 spiro atoms. The van der Waals surface area contributed by atoms with Gasteiger partial charge in [0.2, 0.25) is 0 Å². The fourth-order valence-electron chi connectivity index (χ4n) is 6.17. The van der Waals surface area contributed by atoms with E-state index in [-0.39, 0.29) is 29.1 Å². The fraction of sp³-hybridized carbons (Fsp3) is 0.483.